The van der Waals surface area contributed by atoms with Gasteiger partial charge in [0, 0.05) is 28.9 Å². The molecule has 0 saturated carbocycles. The number of imide groups is 1. The van der Waals surface area contributed by atoms with E-state index in [-0.39, 0.29) is 23.5 Å². The zero-order valence-electron chi connectivity index (χ0n) is 17.6. The second kappa shape index (κ2) is 7.60. The lowest BCUT2D eigenvalue weighted by molar-refractivity contribution is -0.142. The number of unbranched alkanes of at least 4 members (excludes halogenated alkanes) is 1. The maximum Gasteiger partial charge on any atom is 0.250 e. The molecule has 4 atom stereocenters. The molecule has 3 N–H and O–H groups in total. The Morgan fingerprint density at radius 3 is 2.56 bits per heavy atom. The summed E-state index contributed by atoms with van der Waals surface area (Å²) < 4.78 is 0. The molecule has 3 amide bonds. The maximum absolute atomic E-state index is 13.6. The van der Waals surface area contributed by atoms with Crippen molar-refractivity contribution >= 4 is 35.0 Å². The van der Waals surface area contributed by atoms with Crippen LogP contribution in [0.2, 0.25) is 5.02 Å². The molecule has 3 aliphatic heterocycles. The van der Waals surface area contributed by atoms with Gasteiger partial charge in [-0.15, -0.1) is 0 Å². The van der Waals surface area contributed by atoms with E-state index in [1.807, 2.05) is 6.92 Å². The number of carbonyl (C=O) groups is 3. The average Bonchev–Trinajstić information content (AvgIpc) is 3.34. The van der Waals surface area contributed by atoms with E-state index in [9.17, 15) is 19.5 Å². The molecule has 0 bridgehead atoms. The molecular formula is C24H24ClN3O4. The molecule has 2 saturated heterocycles. The Kier molecular flexibility index (Phi) is 4.98. The number of benzene rings is 2. The first-order chi connectivity index (χ1) is 15.4. The van der Waals surface area contributed by atoms with Crippen LogP contribution in [0.25, 0.3) is 0 Å². The number of amides is 3. The van der Waals surface area contributed by atoms with E-state index >= 15 is 0 Å². The van der Waals surface area contributed by atoms with Gasteiger partial charge in [-0.1, -0.05) is 37.1 Å². The van der Waals surface area contributed by atoms with Gasteiger partial charge in [-0.3, -0.25) is 24.6 Å². The summed E-state index contributed by atoms with van der Waals surface area (Å²) in [6.07, 6.45) is 2.01. The van der Waals surface area contributed by atoms with E-state index < -0.39 is 23.4 Å². The molecular weight excluding hydrogens is 430 g/mol. The third-order valence-electron chi connectivity index (χ3n) is 6.90. The zero-order chi connectivity index (χ0) is 22.6. The number of carbonyl (C=O) groups excluding carboxylic acids is 3. The molecule has 2 fully saturated rings. The molecule has 32 heavy (non-hydrogen) atoms. The molecule has 8 heteroatoms. The Labute approximate surface area is 190 Å². The number of fused-ring (bicyclic) bond motifs is 4. The van der Waals surface area contributed by atoms with Crippen LogP contribution in [0.4, 0.5) is 5.69 Å². The van der Waals surface area contributed by atoms with Crippen LogP contribution < -0.4 is 10.6 Å². The Balaban J connectivity index is 1.61. The number of phenolic OH excluding ortho intramolecular Hbond substituents is 1. The standard InChI is InChI=1S/C24H24ClN3O4/c1-2-3-10-28-21(30)19-18(11-13-4-7-15(29)8-5-13)27-24(20(19)22(28)31)16-12-14(25)6-9-17(16)26-23(24)32/h4-9,12,18-20,27,29H,2-3,10-11H2,1H3,(H,26,32)/t18-,19+,20-,24+/m0/s1. The molecule has 1 spiro atoms. The summed E-state index contributed by atoms with van der Waals surface area (Å²) in [5, 5.41) is 16.4. The molecule has 5 rings (SSSR count). The Hall–Kier alpha value is -2.90. The highest BCUT2D eigenvalue weighted by Crippen LogP contribution is 2.53. The van der Waals surface area contributed by atoms with Crippen molar-refractivity contribution in [3.8, 4) is 5.75 Å². The number of likely N-dealkylation sites (tertiary alicyclic amines) is 1. The third-order valence-corrected chi connectivity index (χ3v) is 7.13. The topological polar surface area (TPSA) is 98.7 Å². The second-order valence-electron chi connectivity index (χ2n) is 8.76. The van der Waals surface area contributed by atoms with Crippen LogP contribution in [0.15, 0.2) is 42.5 Å². The minimum absolute atomic E-state index is 0.152. The van der Waals surface area contributed by atoms with Crippen molar-refractivity contribution in [1.82, 2.24) is 10.2 Å². The molecule has 2 aromatic carbocycles. The van der Waals surface area contributed by atoms with Gasteiger partial charge in [0.25, 0.3) is 0 Å². The largest absolute Gasteiger partial charge is 0.508 e. The molecule has 166 valence electrons. The number of aromatic hydroxyl groups is 1. The minimum atomic E-state index is -1.35. The number of nitrogens with one attached hydrogen (secondary N) is 2. The van der Waals surface area contributed by atoms with Crippen molar-refractivity contribution in [2.24, 2.45) is 11.8 Å². The van der Waals surface area contributed by atoms with Crippen molar-refractivity contribution in [1.29, 1.82) is 0 Å². The van der Waals surface area contributed by atoms with E-state index in [0.29, 0.717) is 35.7 Å². The van der Waals surface area contributed by atoms with Crippen molar-refractivity contribution < 1.29 is 19.5 Å². The molecule has 3 heterocycles. The SMILES string of the molecule is CCCCN1C(=O)[C@@H]2[C@H](Cc3ccc(O)cc3)N[C@@]3(C(=O)Nc4ccc(Cl)cc43)[C@@H]2C1=O. The van der Waals surface area contributed by atoms with Crippen molar-refractivity contribution in [3.05, 3.63) is 58.6 Å². The monoisotopic (exact) mass is 453 g/mol. The smallest absolute Gasteiger partial charge is 0.250 e. The van der Waals surface area contributed by atoms with Gasteiger partial charge in [0.15, 0.2) is 0 Å². The highest BCUT2D eigenvalue weighted by Gasteiger charge is 2.70. The van der Waals surface area contributed by atoms with Crippen LogP contribution in [0.3, 0.4) is 0 Å². The van der Waals surface area contributed by atoms with Gasteiger partial charge in [0.1, 0.15) is 11.3 Å². The third kappa shape index (κ3) is 2.95. The van der Waals surface area contributed by atoms with Gasteiger partial charge in [-0.05, 0) is 48.7 Å². The summed E-state index contributed by atoms with van der Waals surface area (Å²) >= 11 is 6.27. The van der Waals surface area contributed by atoms with Crippen LogP contribution in [0.1, 0.15) is 30.9 Å². The number of hydrogen-bond donors (Lipinski definition) is 3. The van der Waals surface area contributed by atoms with Gasteiger partial charge >= 0.3 is 0 Å². The van der Waals surface area contributed by atoms with E-state index in [1.54, 1.807) is 42.5 Å². The summed E-state index contributed by atoms with van der Waals surface area (Å²) in [7, 11) is 0. The molecule has 0 aromatic heterocycles. The van der Waals surface area contributed by atoms with Crippen LogP contribution >= 0.6 is 11.6 Å². The van der Waals surface area contributed by atoms with Crippen molar-refractivity contribution in [3.63, 3.8) is 0 Å². The summed E-state index contributed by atoms with van der Waals surface area (Å²) in [6, 6.07) is 11.4. The van der Waals surface area contributed by atoms with Crippen molar-refractivity contribution in [2.45, 2.75) is 37.8 Å². The van der Waals surface area contributed by atoms with Gasteiger partial charge in [0.05, 0.1) is 11.8 Å². The fourth-order valence-electron chi connectivity index (χ4n) is 5.43. The fourth-order valence-corrected chi connectivity index (χ4v) is 5.60. The van der Waals surface area contributed by atoms with E-state index in [4.69, 9.17) is 11.6 Å². The first-order valence-corrected chi connectivity index (χ1v) is 11.3. The second-order valence-corrected chi connectivity index (χ2v) is 9.20. The molecule has 2 aromatic rings. The summed E-state index contributed by atoms with van der Waals surface area (Å²) in [6.45, 7) is 2.36. The van der Waals surface area contributed by atoms with Crippen LogP contribution in [0, 0.1) is 11.8 Å². The highest BCUT2D eigenvalue weighted by molar-refractivity contribution is 6.31. The van der Waals surface area contributed by atoms with Crippen molar-refractivity contribution in [2.75, 3.05) is 11.9 Å². The average molecular weight is 454 g/mol. The lowest BCUT2D eigenvalue weighted by Gasteiger charge is -2.29. The number of hydrogen-bond acceptors (Lipinski definition) is 5. The summed E-state index contributed by atoms with van der Waals surface area (Å²) in [5.41, 5.74) is 0.758. The van der Waals surface area contributed by atoms with E-state index in [0.717, 1.165) is 12.0 Å². The Morgan fingerprint density at radius 2 is 1.84 bits per heavy atom. The summed E-state index contributed by atoms with van der Waals surface area (Å²) in [4.78, 5) is 41.7. The molecule has 7 nitrogen and oxygen atoms in total. The van der Waals surface area contributed by atoms with E-state index in [1.165, 1.54) is 4.90 Å². The molecule has 0 aliphatic carbocycles. The van der Waals surface area contributed by atoms with Crippen LogP contribution in [-0.2, 0) is 26.3 Å². The summed E-state index contributed by atoms with van der Waals surface area (Å²) in [5.74, 6) is -2.23. The van der Waals surface area contributed by atoms with Gasteiger partial charge in [0.2, 0.25) is 17.7 Å². The molecule has 3 aliphatic rings. The predicted molar refractivity (Wildman–Crippen MR) is 119 cm³/mol. The lowest BCUT2D eigenvalue weighted by Crippen LogP contribution is -2.53. The highest BCUT2D eigenvalue weighted by atomic mass is 35.5. The number of rotatable bonds is 5. The predicted octanol–water partition coefficient (Wildman–Crippen LogP) is 2.81. The number of halogens is 1. The fraction of sp³-hybridized carbons (Fsp3) is 0.375. The van der Waals surface area contributed by atoms with Gasteiger partial charge in [-0.25, -0.2) is 0 Å². The van der Waals surface area contributed by atoms with Crippen LogP contribution in [0.5, 0.6) is 5.75 Å². The molecule has 0 radical (unpaired) electrons. The normalized spacial score (nSPS) is 28.4. The first-order valence-electron chi connectivity index (χ1n) is 10.9. The Morgan fingerprint density at radius 1 is 1.09 bits per heavy atom. The first kappa shape index (κ1) is 21.0. The van der Waals surface area contributed by atoms with Gasteiger partial charge in [-0.2, -0.15) is 0 Å². The van der Waals surface area contributed by atoms with Crippen LogP contribution in [-0.4, -0.2) is 40.3 Å². The molecule has 0 unspecified atom stereocenters. The zero-order valence-corrected chi connectivity index (χ0v) is 18.4. The quantitative estimate of drug-likeness (QED) is 0.605. The maximum atomic E-state index is 13.6. The minimum Gasteiger partial charge on any atom is -0.508 e. The number of phenols is 1. The van der Waals surface area contributed by atoms with Gasteiger partial charge < -0.3 is 10.4 Å². The Bertz CT molecular complexity index is 1120. The number of nitrogens with zero attached hydrogens (tertiary/aromatic N) is 1. The number of anilines is 1. The lowest BCUT2D eigenvalue weighted by atomic mass is 9.76. The van der Waals surface area contributed by atoms with E-state index in [2.05, 4.69) is 10.6 Å².